The van der Waals surface area contributed by atoms with Crippen molar-refractivity contribution in [1.82, 2.24) is 4.98 Å². The van der Waals surface area contributed by atoms with Crippen LogP contribution in [0.1, 0.15) is 28.4 Å². The summed E-state index contributed by atoms with van der Waals surface area (Å²) in [5, 5.41) is 11.4. The normalized spacial score (nSPS) is 20.3. The summed E-state index contributed by atoms with van der Waals surface area (Å²) in [4.78, 5) is 5.69. The molecule has 3 nitrogen and oxygen atoms in total. The molecule has 1 aliphatic rings. The summed E-state index contributed by atoms with van der Waals surface area (Å²) in [6.07, 6.45) is 2.83. The first kappa shape index (κ1) is 11.0. The Morgan fingerprint density at radius 3 is 2.60 bits per heavy atom. The Labute approximate surface area is 94.3 Å². The maximum absolute atomic E-state index is 10.4. The standard InChI is InChI=1S/C11H18N2OS/c1-7-8(2)15-10(13-7)5-11(14,6-12)9-3-4-9/h9,14H,3-6,12H2,1-2H3. The van der Waals surface area contributed by atoms with Crippen LogP contribution in [0.4, 0.5) is 0 Å². The third kappa shape index (κ3) is 2.22. The molecule has 1 aromatic heterocycles. The molecule has 0 spiro atoms. The molecule has 0 aliphatic heterocycles. The van der Waals surface area contributed by atoms with Gasteiger partial charge in [-0.1, -0.05) is 0 Å². The lowest BCUT2D eigenvalue weighted by molar-refractivity contribution is 0.0266. The first-order valence-electron chi connectivity index (χ1n) is 5.40. The number of aliphatic hydroxyl groups is 1. The smallest absolute Gasteiger partial charge is 0.0960 e. The zero-order valence-electron chi connectivity index (χ0n) is 9.29. The van der Waals surface area contributed by atoms with E-state index in [0.29, 0.717) is 18.9 Å². The van der Waals surface area contributed by atoms with E-state index in [1.807, 2.05) is 6.92 Å². The van der Waals surface area contributed by atoms with Crippen molar-refractivity contribution in [2.75, 3.05) is 6.54 Å². The van der Waals surface area contributed by atoms with Crippen molar-refractivity contribution >= 4 is 11.3 Å². The summed E-state index contributed by atoms with van der Waals surface area (Å²) in [7, 11) is 0. The van der Waals surface area contributed by atoms with Crippen LogP contribution in [-0.4, -0.2) is 22.2 Å². The average Bonchev–Trinajstić information content (AvgIpc) is 2.96. The van der Waals surface area contributed by atoms with Crippen LogP contribution >= 0.6 is 11.3 Å². The molecule has 0 amide bonds. The monoisotopic (exact) mass is 226 g/mol. The van der Waals surface area contributed by atoms with Crippen molar-refractivity contribution in [3.63, 3.8) is 0 Å². The summed E-state index contributed by atoms with van der Waals surface area (Å²) in [6, 6.07) is 0. The van der Waals surface area contributed by atoms with Crippen molar-refractivity contribution in [1.29, 1.82) is 0 Å². The van der Waals surface area contributed by atoms with Crippen LogP contribution < -0.4 is 5.73 Å². The first-order chi connectivity index (χ1) is 7.05. The lowest BCUT2D eigenvalue weighted by Gasteiger charge is -2.25. The van der Waals surface area contributed by atoms with E-state index in [-0.39, 0.29) is 0 Å². The molecule has 0 radical (unpaired) electrons. The summed E-state index contributed by atoms with van der Waals surface area (Å²) in [5.74, 6) is 0.395. The van der Waals surface area contributed by atoms with Gasteiger partial charge in [0.05, 0.1) is 16.3 Å². The molecule has 15 heavy (non-hydrogen) atoms. The topological polar surface area (TPSA) is 59.1 Å². The highest BCUT2D eigenvalue weighted by atomic mass is 32.1. The van der Waals surface area contributed by atoms with Crippen LogP contribution in [0.25, 0.3) is 0 Å². The molecule has 1 aromatic rings. The summed E-state index contributed by atoms with van der Waals surface area (Å²) in [6.45, 7) is 4.42. The van der Waals surface area contributed by atoms with Crippen molar-refractivity contribution in [2.24, 2.45) is 11.7 Å². The molecule has 0 aromatic carbocycles. The van der Waals surface area contributed by atoms with Crippen molar-refractivity contribution in [3.8, 4) is 0 Å². The number of hydrogen-bond donors (Lipinski definition) is 2. The molecule has 2 rings (SSSR count). The number of aromatic nitrogens is 1. The van der Waals surface area contributed by atoms with E-state index in [0.717, 1.165) is 23.5 Å². The van der Waals surface area contributed by atoms with Crippen LogP contribution in [0.5, 0.6) is 0 Å². The lowest BCUT2D eigenvalue weighted by atomic mass is 9.94. The second kappa shape index (κ2) is 3.85. The Morgan fingerprint density at radius 1 is 1.53 bits per heavy atom. The molecule has 4 heteroatoms. The highest BCUT2D eigenvalue weighted by Crippen LogP contribution is 2.41. The van der Waals surface area contributed by atoms with Gasteiger partial charge in [0.15, 0.2) is 0 Å². The van der Waals surface area contributed by atoms with E-state index < -0.39 is 5.60 Å². The molecule has 1 unspecified atom stereocenters. The van der Waals surface area contributed by atoms with Gasteiger partial charge in [0.2, 0.25) is 0 Å². The quantitative estimate of drug-likeness (QED) is 0.816. The van der Waals surface area contributed by atoms with Crippen LogP contribution in [0.2, 0.25) is 0 Å². The van der Waals surface area contributed by atoms with Crippen molar-refractivity contribution in [3.05, 3.63) is 15.6 Å². The number of aryl methyl sites for hydroxylation is 2. The summed E-state index contributed by atoms with van der Waals surface area (Å²) in [5.41, 5.74) is 6.03. The van der Waals surface area contributed by atoms with E-state index in [4.69, 9.17) is 5.73 Å². The largest absolute Gasteiger partial charge is 0.388 e. The molecular weight excluding hydrogens is 208 g/mol. The molecule has 84 valence electrons. The molecule has 0 saturated heterocycles. The highest BCUT2D eigenvalue weighted by molar-refractivity contribution is 7.11. The first-order valence-corrected chi connectivity index (χ1v) is 6.22. The molecule has 3 N–H and O–H groups in total. The molecule has 1 fully saturated rings. The third-order valence-corrected chi connectivity index (χ3v) is 4.29. The van der Waals surface area contributed by atoms with Gasteiger partial charge in [0.1, 0.15) is 0 Å². The number of nitrogens with zero attached hydrogens (tertiary/aromatic N) is 1. The Bertz CT molecular complexity index is 340. The maximum atomic E-state index is 10.4. The molecule has 1 saturated carbocycles. The third-order valence-electron chi connectivity index (χ3n) is 3.22. The molecule has 0 bridgehead atoms. The highest BCUT2D eigenvalue weighted by Gasteiger charge is 2.43. The molecule has 1 aliphatic carbocycles. The Morgan fingerprint density at radius 2 is 2.20 bits per heavy atom. The fourth-order valence-electron chi connectivity index (χ4n) is 1.88. The van der Waals surface area contributed by atoms with Gasteiger partial charge in [-0.15, -0.1) is 11.3 Å². The second-order valence-corrected chi connectivity index (χ2v) is 5.80. The molecule has 1 atom stereocenters. The molecular formula is C11H18N2OS. The Kier molecular flexibility index (Phi) is 2.83. The zero-order valence-corrected chi connectivity index (χ0v) is 10.1. The van der Waals surface area contributed by atoms with E-state index >= 15 is 0 Å². The van der Waals surface area contributed by atoms with Crippen molar-refractivity contribution < 1.29 is 5.11 Å². The minimum absolute atomic E-state index is 0.343. The lowest BCUT2D eigenvalue weighted by Crippen LogP contribution is -2.42. The zero-order chi connectivity index (χ0) is 11.1. The maximum Gasteiger partial charge on any atom is 0.0960 e. The van der Waals surface area contributed by atoms with Crippen LogP contribution in [0.3, 0.4) is 0 Å². The van der Waals surface area contributed by atoms with Gasteiger partial charge in [0.25, 0.3) is 0 Å². The number of hydrogen-bond acceptors (Lipinski definition) is 4. The van der Waals surface area contributed by atoms with Crippen LogP contribution in [0, 0.1) is 19.8 Å². The number of thiazole rings is 1. The van der Waals surface area contributed by atoms with Gasteiger partial charge in [-0.05, 0) is 32.6 Å². The Hall–Kier alpha value is -0.450. The fourth-order valence-corrected chi connectivity index (χ4v) is 2.93. The van der Waals surface area contributed by atoms with Gasteiger partial charge >= 0.3 is 0 Å². The van der Waals surface area contributed by atoms with E-state index in [1.54, 1.807) is 11.3 Å². The van der Waals surface area contributed by atoms with E-state index in [2.05, 4.69) is 11.9 Å². The fraction of sp³-hybridized carbons (Fsp3) is 0.727. The number of rotatable bonds is 4. The summed E-state index contributed by atoms with van der Waals surface area (Å²) >= 11 is 1.68. The predicted octanol–water partition coefficient (Wildman–Crippen LogP) is 1.40. The van der Waals surface area contributed by atoms with Crippen LogP contribution in [0.15, 0.2) is 0 Å². The summed E-state index contributed by atoms with van der Waals surface area (Å²) < 4.78 is 0. The predicted molar refractivity (Wildman–Crippen MR) is 62.0 cm³/mol. The van der Waals surface area contributed by atoms with E-state index in [1.165, 1.54) is 4.88 Å². The minimum Gasteiger partial charge on any atom is -0.388 e. The van der Waals surface area contributed by atoms with Gasteiger partial charge < -0.3 is 10.8 Å². The van der Waals surface area contributed by atoms with Crippen molar-refractivity contribution in [2.45, 2.75) is 38.7 Å². The van der Waals surface area contributed by atoms with Gasteiger partial charge in [-0.2, -0.15) is 0 Å². The number of nitrogens with two attached hydrogens (primary N) is 1. The van der Waals surface area contributed by atoms with Gasteiger partial charge in [-0.3, -0.25) is 0 Å². The Balaban J connectivity index is 2.12. The van der Waals surface area contributed by atoms with Gasteiger partial charge in [-0.25, -0.2) is 4.98 Å². The average molecular weight is 226 g/mol. The van der Waals surface area contributed by atoms with Crippen LogP contribution in [-0.2, 0) is 6.42 Å². The molecule has 1 heterocycles. The van der Waals surface area contributed by atoms with E-state index in [9.17, 15) is 5.11 Å². The second-order valence-electron chi connectivity index (χ2n) is 4.51. The van der Waals surface area contributed by atoms with Gasteiger partial charge in [0, 0.05) is 17.8 Å². The SMILES string of the molecule is Cc1nc(CC(O)(CN)C2CC2)sc1C. The minimum atomic E-state index is -0.712.